The molecule has 2 aromatic rings. The van der Waals surface area contributed by atoms with Crippen molar-refractivity contribution in [1.29, 1.82) is 0 Å². The quantitative estimate of drug-likeness (QED) is 0.639. The number of quaternary nitrogens is 2. The van der Waals surface area contributed by atoms with Crippen molar-refractivity contribution in [3.8, 4) is 0 Å². The van der Waals surface area contributed by atoms with Gasteiger partial charge in [0.2, 0.25) is 0 Å². The Morgan fingerprint density at radius 2 is 1.79 bits per heavy atom. The molecule has 0 unspecified atom stereocenters. The third-order valence-corrected chi connectivity index (χ3v) is 5.55. The smallest absolute Gasteiger partial charge is 0.275 e. The van der Waals surface area contributed by atoms with Crippen LogP contribution in [0.5, 0.6) is 0 Å². The summed E-state index contributed by atoms with van der Waals surface area (Å²) in [5.74, 6) is 0.106. The summed E-state index contributed by atoms with van der Waals surface area (Å²) in [5.41, 5.74) is 2.28. The standard InChI is InChI=1S/C23H28ClN3O/c1-19(21-10-5-11-22(24)17-21)25-23(28)18-27-15-13-26(14-16-27)12-6-9-20-7-3-2-4-8-20/h2-11,17,19H,12-16,18H2,1H3,(H,25,28)/p+2/b9-6+/t19-/m0/s1. The Hall–Kier alpha value is -2.14. The Morgan fingerprint density at radius 1 is 1.07 bits per heavy atom. The van der Waals surface area contributed by atoms with Gasteiger partial charge in [0.25, 0.3) is 5.91 Å². The Balaban J connectivity index is 1.38. The Labute approximate surface area is 172 Å². The molecule has 3 N–H and O–H groups in total. The lowest BCUT2D eigenvalue weighted by Crippen LogP contribution is -3.28. The van der Waals surface area contributed by atoms with Crippen molar-refractivity contribution in [2.75, 3.05) is 39.3 Å². The van der Waals surface area contributed by atoms with Crippen LogP contribution in [-0.4, -0.2) is 45.2 Å². The van der Waals surface area contributed by atoms with Gasteiger partial charge in [0.05, 0.1) is 12.6 Å². The number of carbonyl (C=O) groups excluding carboxylic acids is 1. The molecule has 0 bridgehead atoms. The number of benzene rings is 2. The molecule has 0 saturated carbocycles. The second kappa shape index (κ2) is 10.4. The normalized spacial score (nSPS) is 20.8. The lowest BCUT2D eigenvalue weighted by atomic mass is 10.1. The largest absolute Gasteiger partial charge is 0.345 e. The van der Waals surface area contributed by atoms with Gasteiger partial charge >= 0.3 is 0 Å². The predicted molar refractivity (Wildman–Crippen MR) is 115 cm³/mol. The molecular formula is C23H30ClN3O+2. The van der Waals surface area contributed by atoms with Crippen LogP contribution in [0.25, 0.3) is 6.08 Å². The molecule has 0 aromatic heterocycles. The van der Waals surface area contributed by atoms with Gasteiger partial charge in [-0.25, -0.2) is 0 Å². The van der Waals surface area contributed by atoms with E-state index in [1.165, 1.54) is 10.5 Å². The summed E-state index contributed by atoms with van der Waals surface area (Å²) in [7, 11) is 0. The van der Waals surface area contributed by atoms with E-state index in [2.05, 4.69) is 41.7 Å². The molecule has 0 radical (unpaired) electrons. The second-order valence-corrected chi connectivity index (χ2v) is 7.97. The minimum atomic E-state index is -0.0272. The van der Waals surface area contributed by atoms with E-state index in [9.17, 15) is 4.79 Å². The van der Waals surface area contributed by atoms with Crippen LogP contribution in [-0.2, 0) is 4.79 Å². The number of amides is 1. The first kappa shape index (κ1) is 20.6. The van der Waals surface area contributed by atoms with Crippen LogP contribution in [0.2, 0.25) is 5.02 Å². The summed E-state index contributed by atoms with van der Waals surface area (Å²) in [6.07, 6.45) is 4.45. The lowest BCUT2D eigenvalue weighted by Gasteiger charge is -2.29. The summed E-state index contributed by atoms with van der Waals surface area (Å²) in [6.45, 7) is 7.86. The predicted octanol–water partition coefficient (Wildman–Crippen LogP) is 1.01. The molecule has 5 heteroatoms. The molecule has 1 saturated heterocycles. The van der Waals surface area contributed by atoms with Crippen molar-refractivity contribution < 1.29 is 14.6 Å². The molecule has 4 nitrogen and oxygen atoms in total. The van der Waals surface area contributed by atoms with E-state index in [-0.39, 0.29) is 11.9 Å². The Morgan fingerprint density at radius 3 is 2.50 bits per heavy atom. The zero-order valence-corrected chi connectivity index (χ0v) is 17.2. The van der Waals surface area contributed by atoms with Crippen LogP contribution in [0.3, 0.4) is 0 Å². The number of carbonyl (C=O) groups is 1. The van der Waals surface area contributed by atoms with Crippen molar-refractivity contribution in [3.05, 3.63) is 76.8 Å². The maximum absolute atomic E-state index is 12.4. The highest BCUT2D eigenvalue weighted by Crippen LogP contribution is 2.16. The van der Waals surface area contributed by atoms with E-state index in [4.69, 9.17) is 11.6 Å². The fourth-order valence-electron chi connectivity index (χ4n) is 3.64. The molecule has 0 spiro atoms. The van der Waals surface area contributed by atoms with Gasteiger partial charge in [-0.05, 0) is 36.3 Å². The van der Waals surface area contributed by atoms with Crippen molar-refractivity contribution in [1.82, 2.24) is 5.32 Å². The monoisotopic (exact) mass is 399 g/mol. The van der Waals surface area contributed by atoms with Crippen LogP contribution < -0.4 is 15.1 Å². The van der Waals surface area contributed by atoms with Crippen molar-refractivity contribution in [3.63, 3.8) is 0 Å². The molecule has 3 rings (SSSR count). The molecule has 1 aliphatic rings. The summed E-state index contributed by atoms with van der Waals surface area (Å²) < 4.78 is 0. The number of rotatable bonds is 7. The van der Waals surface area contributed by atoms with Crippen molar-refractivity contribution >= 4 is 23.6 Å². The SMILES string of the molecule is C[C@H](NC(=O)C[NH+]1CC[NH+](C/C=C/c2ccccc2)CC1)c1cccc(Cl)c1. The molecule has 148 valence electrons. The van der Waals surface area contributed by atoms with E-state index < -0.39 is 0 Å². The first-order valence-corrected chi connectivity index (χ1v) is 10.4. The zero-order valence-electron chi connectivity index (χ0n) is 16.5. The fraction of sp³-hybridized carbons (Fsp3) is 0.348. The molecular weight excluding hydrogens is 370 g/mol. The highest BCUT2D eigenvalue weighted by atomic mass is 35.5. The highest BCUT2D eigenvalue weighted by molar-refractivity contribution is 6.30. The second-order valence-electron chi connectivity index (χ2n) is 7.54. The van der Waals surface area contributed by atoms with Gasteiger partial charge in [-0.15, -0.1) is 0 Å². The van der Waals surface area contributed by atoms with Crippen molar-refractivity contribution in [2.45, 2.75) is 13.0 Å². The van der Waals surface area contributed by atoms with Gasteiger partial charge in [0.15, 0.2) is 6.54 Å². The van der Waals surface area contributed by atoms with Gasteiger partial charge in [-0.2, -0.15) is 0 Å². The van der Waals surface area contributed by atoms with Crippen LogP contribution in [0.1, 0.15) is 24.1 Å². The number of piperazine rings is 1. The fourth-order valence-corrected chi connectivity index (χ4v) is 3.84. The van der Waals surface area contributed by atoms with Gasteiger partial charge in [0, 0.05) is 5.02 Å². The molecule has 2 aromatic carbocycles. The molecule has 1 amide bonds. The van der Waals surface area contributed by atoms with E-state index in [0.717, 1.165) is 38.3 Å². The molecule has 0 aliphatic carbocycles. The molecule has 1 atom stereocenters. The van der Waals surface area contributed by atoms with Gasteiger partial charge in [0.1, 0.15) is 26.2 Å². The van der Waals surface area contributed by atoms with Crippen LogP contribution in [0.4, 0.5) is 0 Å². The average molecular weight is 400 g/mol. The topological polar surface area (TPSA) is 38.0 Å². The Bertz CT molecular complexity index is 785. The third kappa shape index (κ3) is 6.48. The number of hydrogen-bond acceptors (Lipinski definition) is 1. The summed E-state index contributed by atoms with van der Waals surface area (Å²) >= 11 is 6.04. The van der Waals surface area contributed by atoms with Gasteiger partial charge < -0.3 is 15.1 Å². The van der Waals surface area contributed by atoms with Gasteiger partial charge in [-0.1, -0.05) is 60.1 Å². The first-order valence-electron chi connectivity index (χ1n) is 10.0. The summed E-state index contributed by atoms with van der Waals surface area (Å²) in [5, 5.41) is 3.80. The van der Waals surface area contributed by atoms with E-state index in [1.54, 1.807) is 4.90 Å². The minimum Gasteiger partial charge on any atom is -0.345 e. The maximum Gasteiger partial charge on any atom is 0.275 e. The summed E-state index contributed by atoms with van der Waals surface area (Å²) in [6, 6.07) is 18.0. The van der Waals surface area contributed by atoms with Gasteiger partial charge in [-0.3, -0.25) is 4.79 Å². The number of halogens is 1. The molecule has 1 fully saturated rings. The molecule has 28 heavy (non-hydrogen) atoms. The number of hydrogen-bond donors (Lipinski definition) is 3. The average Bonchev–Trinajstić information content (AvgIpc) is 2.70. The zero-order chi connectivity index (χ0) is 19.8. The van der Waals surface area contributed by atoms with Crippen LogP contribution in [0, 0.1) is 0 Å². The minimum absolute atomic E-state index is 0.0272. The van der Waals surface area contributed by atoms with Crippen LogP contribution >= 0.6 is 11.6 Å². The highest BCUT2D eigenvalue weighted by Gasteiger charge is 2.24. The van der Waals surface area contributed by atoms with E-state index in [0.29, 0.717) is 11.6 Å². The first-order chi connectivity index (χ1) is 13.6. The Kier molecular flexibility index (Phi) is 7.66. The molecule has 1 aliphatic heterocycles. The van der Waals surface area contributed by atoms with E-state index >= 15 is 0 Å². The van der Waals surface area contributed by atoms with Crippen LogP contribution in [0.15, 0.2) is 60.7 Å². The van der Waals surface area contributed by atoms with E-state index in [1.807, 2.05) is 37.3 Å². The lowest BCUT2D eigenvalue weighted by molar-refractivity contribution is -1.01. The molecule has 1 heterocycles. The van der Waals surface area contributed by atoms with Crippen molar-refractivity contribution in [2.24, 2.45) is 0 Å². The number of nitrogens with one attached hydrogen (secondary N) is 3. The maximum atomic E-state index is 12.4. The third-order valence-electron chi connectivity index (χ3n) is 5.32. The summed E-state index contributed by atoms with van der Waals surface area (Å²) in [4.78, 5) is 15.4.